The van der Waals surface area contributed by atoms with E-state index >= 15 is 0 Å². The maximum atomic E-state index is 12.4. The van der Waals surface area contributed by atoms with Crippen LogP contribution in [0.15, 0.2) is 65.8 Å². The molecule has 0 aliphatic rings. The van der Waals surface area contributed by atoms with Gasteiger partial charge in [-0.1, -0.05) is 12.1 Å². The Morgan fingerprint density at radius 3 is 2.72 bits per heavy atom. The van der Waals surface area contributed by atoms with Crippen LogP contribution < -0.4 is 16.6 Å². The van der Waals surface area contributed by atoms with Crippen LogP contribution in [0.2, 0.25) is 0 Å². The highest BCUT2D eigenvalue weighted by atomic mass is 16.1. The summed E-state index contributed by atoms with van der Waals surface area (Å²) in [4.78, 5) is 32.7. The topological polar surface area (TPSA) is 103 Å². The summed E-state index contributed by atoms with van der Waals surface area (Å²) in [5, 5.41) is 3.89. The second kappa shape index (κ2) is 7.20. The quantitative estimate of drug-likeness (QED) is 0.562. The molecule has 1 amide bonds. The van der Waals surface area contributed by atoms with Crippen molar-refractivity contribution < 1.29 is 4.79 Å². The van der Waals surface area contributed by atoms with Crippen LogP contribution >= 0.6 is 0 Å². The Morgan fingerprint density at radius 1 is 1.10 bits per heavy atom. The number of anilines is 2. The van der Waals surface area contributed by atoms with Crippen molar-refractivity contribution in [2.45, 2.75) is 6.92 Å². The summed E-state index contributed by atoms with van der Waals surface area (Å²) >= 11 is 0. The van der Waals surface area contributed by atoms with Gasteiger partial charge in [0.25, 0.3) is 11.5 Å². The van der Waals surface area contributed by atoms with Gasteiger partial charge < -0.3 is 15.6 Å². The Hall–Kier alpha value is -4.00. The first-order valence-corrected chi connectivity index (χ1v) is 9.02. The van der Waals surface area contributed by atoms with Crippen molar-refractivity contribution in [3.8, 4) is 11.3 Å². The summed E-state index contributed by atoms with van der Waals surface area (Å²) in [7, 11) is 1.67. The number of aromatic nitrogens is 3. The molecule has 0 radical (unpaired) electrons. The smallest absolute Gasteiger partial charge is 0.260 e. The van der Waals surface area contributed by atoms with Crippen molar-refractivity contribution in [3.63, 3.8) is 0 Å². The standard InChI is InChI=1S/C22H19N5O2/c1-13-5-6-14(20-16(21(23)28)4-3-9-24-20)10-19(13)26-15-7-8-18-17(11-15)22(29)27(2)12-25-18/h3-12,26H,1-2H3,(H2,23,28). The number of pyridine rings is 1. The van der Waals surface area contributed by atoms with Gasteiger partial charge in [-0.2, -0.15) is 0 Å². The van der Waals surface area contributed by atoms with Crippen LogP contribution in [0.25, 0.3) is 22.2 Å². The maximum absolute atomic E-state index is 12.4. The van der Waals surface area contributed by atoms with Crippen molar-refractivity contribution in [3.05, 3.63) is 82.5 Å². The van der Waals surface area contributed by atoms with Crippen LogP contribution in [-0.4, -0.2) is 20.4 Å². The third-order valence-corrected chi connectivity index (χ3v) is 4.78. The summed E-state index contributed by atoms with van der Waals surface area (Å²) in [6.07, 6.45) is 3.13. The lowest BCUT2D eigenvalue weighted by molar-refractivity contribution is 0.100. The lowest BCUT2D eigenvalue weighted by Crippen LogP contribution is -2.16. The molecule has 0 aliphatic carbocycles. The van der Waals surface area contributed by atoms with Crippen LogP contribution in [0.3, 0.4) is 0 Å². The predicted octanol–water partition coefficient (Wildman–Crippen LogP) is 3.15. The number of nitrogens with one attached hydrogen (secondary N) is 1. The fourth-order valence-electron chi connectivity index (χ4n) is 3.18. The molecule has 0 fully saturated rings. The Bertz CT molecular complexity index is 1310. The molecule has 2 heterocycles. The second-order valence-corrected chi connectivity index (χ2v) is 6.81. The highest BCUT2D eigenvalue weighted by Gasteiger charge is 2.12. The van der Waals surface area contributed by atoms with Gasteiger partial charge in [-0.15, -0.1) is 0 Å². The molecule has 7 heteroatoms. The molecule has 0 atom stereocenters. The van der Waals surface area contributed by atoms with Crippen LogP contribution in [0, 0.1) is 6.92 Å². The molecule has 0 bridgehead atoms. The highest BCUT2D eigenvalue weighted by molar-refractivity contribution is 5.99. The van der Waals surface area contributed by atoms with Crippen molar-refractivity contribution >= 4 is 28.2 Å². The minimum atomic E-state index is -0.527. The second-order valence-electron chi connectivity index (χ2n) is 6.81. The van der Waals surface area contributed by atoms with Gasteiger partial charge in [-0.3, -0.25) is 14.6 Å². The largest absolute Gasteiger partial charge is 0.366 e. The molecule has 144 valence electrons. The number of primary amides is 1. The van der Waals surface area contributed by atoms with E-state index in [0.717, 1.165) is 22.5 Å². The van der Waals surface area contributed by atoms with Gasteiger partial charge in [0.05, 0.1) is 28.5 Å². The average molecular weight is 385 g/mol. The van der Waals surface area contributed by atoms with E-state index < -0.39 is 5.91 Å². The molecule has 0 spiro atoms. The van der Waals surface area contributed by atoms with E-state index in [1.54, 1.807) is 31.4 Å². The molecule has 0 saturated heterocycles. The van der Waals surface area contributed by atoms with E-state index in [1.807, 2.05) is 37.3 Å². The summed E-state index contributed by atoms with van der Waals surface area (Å²) in [6.45, 7) is 1.97. The van der Waals surface area contributed by atoms with E-state index in [4.69, 9.17) is 5.73 Å². The van der Waals surface area contributed by atoms with Crippen molar-refractivity contribution in [2.24, 2.45) is 12.8 Å². The van der Waals surface area contributed by atoms with E-state index in [9.17, 15) is 9.59 Å². The Balaban J connectivity index is 1.76. The van der Waals surface area contributed by atoms with E-state index in [1.165, 1.54) is 10.9 Å². The molecule has 4 aromatic rings. The highest BCUT2D eigenvalue weighted by Crippen LogP contribution is 2.29. The van der Waals surface area contributed by atoms with Gasteiger partial charge in [0.2, 0.25) is 0 Å². The van der Waals surface area contributed by atoms with E-state index in [2.05, 4.69) is 15.3 Å². The monoisotopic (exact) mass is 385 g/mol. The lowest BCUT2D eigenvalue weighted by Gasteiger charge is -2.13. The first-order chi connectivity index (χ1) is 13.9. The average Bonchev–Trinajstić information content (AvgIpc) is 2.72. The summed E-state index contributed by atoms with van der Waals surface area (Å²) in [5.41, 5.74) is 10.3. The van der Waals surface area contributed by atoms with Crippen LogP contribution in [0.1, 0.15) is 15.9 Å². The number of hydrogen-bond donors (Lipinski definition) is 2. The number of aryl methyl sites for hydroxylation is 2. The van der Waals surface area contributed by atoms with Crippen LogP contribution in [-0.2, 0) is 7.05 Å². The third-order valence-electron chi connectivity index (χ3n) is 4.78. The molecule has 3 N–H and O–H groups in total. The Kier molecular flexibility index (Phi) is 4.56. The predicted molar refractivity (Wildman–Crippen MR) is 113 cm³/mol. The number of nitrogens with two attached hydrogens (primary N) is 1. The first-order valence-electron chi connectivity index (χ1n) is 9.02. The van der Waals surface area contributed by atoms with Gasteiger partial charge in [0.15, 0.2) is 0 Å². The molecule has 4 rings (SSSR count). The zero-order valence-corrected chi connectivity index (χ0v) is 16.0. The molecule has 2 aromatic carbocycles. The number of amides is 1. The van der Waals surface area contributed by atoms with Gasteiger partial charge >= 0.3 is 0 Å². The van der Waals surface area contributed by atoms with Crippen molar-refractivity contribution in [1.82, 2.24) is 14.5 Å². The molecule has 0 unspecified atom stereocenters. The zero-order valence-electron chi connectivity index (χ0n) is 16.0. The molecule has 2 aromatic heterocycles. The first kappa shape index (κ1) is 18.4. The van der Waals surface area contributed by atoms with Crippen LogP contribution in [0.4, 0.5) is 11.4 Å². The van der Waals surface area contributed by atoms with Crippen LogP contribution in [0.5, 0.6) is 0 Å². The zero-order chi connectivity index (χ0) is 20.5. The lowest BCUT2D eigenvalue weighted by atomic mass is 10.0. The summed E-state index contributed by atoms with van der Waals surface area (Å²) in [6, 6.07) is 14.6. The van der Waals surface area contributed by atoms with E-state index in [0.29, 0.717) is 22.2 Å². The molecular formula is C22H19N5O2. The Morgan fingerprint density at radius 2 is 1.93 bits per heavy atom. The number of carbonyl (C=O) groups excluding carboxylic acids is 1. The van der Waals surface area contributed by atoms with Crippen molar-refractivity contribution in [2.75, 3.05) is 5.32 Å². The fraction of sp³-hybridized carbons (Fsp3) is 0.0909. The van der Waals surface area contributed by atoms with Gasteiger partial charge in [-0.05, 0) is 48.9 Å². The number of nitrogens with zero attached hydrogens (tertiary/aromatic N) is 3. The molecular weight excluding hydrogens is 366 g/mol. The molecule has 0 aliphatic heterocycles. The SMILES string of the molecule is Cc1ccc(-c2ncccc2C(N)=O)cc1Nc1ccc2ncn(C)c(=O)c2c1. The molecule has 7 nitrogen and oxygen atoms in total. The summed E-state index contributed by atoms with van der Waals surface area (Å²) < 4.78 is 1.45. The minimum absolute atomic E-state index is 0.108. The number of benzene rings is 2. The Labute approximate surface area is 166 Å². The number of rotatable bonds is 4. The van der Waals surface area contributed by atoms with Gasteiger partial charge in [0.1, 0.15) is 0 Å². The maximum Gasteiger partial charge on any atom is 0.260 e. The van der Waals surface area contributed by atoms with Gasteiger partial charge in [0, 0.05) is 30.2 Å². The van der Waals surface area contributed by atoms with Gasteiger partial charge in [-0.25, -0.2) is 4.98 Å². The third kappa shape index (κ3) is 3.45. The molecule has 0 saturated carbocycles. The number of hydrogen-bond acceptors (Lipinski definition) is 5. The molecule has 29 heavy (non-hydrogen) atoms. The normalized spacial score (nSPS) is 10.8. The number of carbonyl (C=O) groups is 1. The van der Waals surface area contributed by atoms with Crippen molar-refractivity contribution in [1.29, 1.82) is 0 Å². The van der Waals surface area contributed by atoms with E-state index in [-0.39, 0.29) is 5.56 Å². The number of fused-ring (bicyclic) bond motifs is 1. The summed E-state index contributed by atoms with van der Waals surface area (Å²) in [5.74, 6) is -0.527. The minimum Gasteiger partial charge on any atom is -0.366 e. The fourth-order valence-corrected chi connectivity index (χ4v) is 3.18.